The number of halogens is 1. The van der Waals surface area contributed by atoms with Crippen LogP contribution in [-0.2, 0) is 11.2 Å². The maximum Gasteiger partial charge on any atom is 0.294 e. The average Bonchev–Trinajstić information content (AvgIpc) is 3.17. The third-order valence-electron chi connectivity index (χ3n) is 6.02. The topological polar surface area (TPSA) is 71.1 Å². The number of anilines is 2. The van der Waals surface area contributed by atoms with E-state index in [4.69, 9.17) is 11.6 Å². The zero-order valence-electron chi connectivity index (χ0n) is 16.3. The Balaban J connectivity index is 1.43. The van der Waals surface area contributed by atoms with Crippen LogP contribution in [0.1, 0.15) is 12.5 Å². The summed E-state index contributed by atoms with van der Waals surface area (Å²) in [7, 11) is 0. The third-order valence-corrected chi connectivity index (χ3v) is 6.25. The first-order valence-electron chi connectivity index (χ1n) is 9.88. The van der Waals surface area contributed by atoms with Gasteiger partial charge in [-0.2, -0.15) is 0 Å². The highest BCUT2D eigenvalue weighted by Gasteiger charge is 2.35. The van der Waals surface area contributed by atoms with Gasteiger partial charge in [0.05, 0.1) is 31.1 Å². The van der Waals surface area contributed by atoms with Gasteiger partial charge in [-0.15, -0.1) is 0 Å². The molecule has 2 aliphatic rings. The molecule has 1 atom stereocenters. The second-order valence-corrected chi connectivity index (χ2v) is 8.06. The lowest BCUT2D eigenvalue weighted by Crippen LogP contribution is -3.19. The molecule has 2 aromatic rings. The second-order valence-electron chi connectivity index (χ2n) is 7.63. The molecule has 2 aromatic carbocycles. The number of nitro groups is 1. The first-order valence-corrected chi connectivity index (χ1v) is 10.3. The molecular formula is C21H24ClN4O3+. The summed E-state index contributed by atoms with van der Waals surface area (Å²) in [6, 6.07) is 12.7. The molecule has 1 saturated heterocycles. The molecule has 4 rings (SSSR count). The molecule has 7 nitrogen and oxygen atoms in total. The van der Waals surface area contributed by atoms with Crippen LogP contribution in [0.4, 0.5) is 17.1 Å². The number of benzene rings is 2. The van der Waals surface area contributed by atoms with E-state index in [0.717, 1.165) is 31.7 Å². The fourth-order valence-corrected chi connectivity index (χ4v) is 4.52. The summed E-state index contributed by atoms with van der Waals surface area (Å²) >= 11 is 5.93. The molecule has 0 saturated carbocycles. The number of hydrogen-bond acceptors (Lipinski definition) is 4. The number of nitro benzene ring substituents is 1. The standard InChI is InChI=1S/C21H23ClN4O3/c1-15(21(27)25-9-8-16-4-2-3-5-18(16)25)23-10-12-24(13-11-23)19-7-6-17(22)14-20(19)26(28)29/h2-7,14-15H,8-13H2,1H3/p+1/t15-/m0/s1. The van der Waals surface area contributed by atoms with Crippen LogP contribution in [0.5, 0.6) is 0 Å². The van der Waals surface area contributed by atoms with E-state index >= 15 is 0 Å². The highest BCUT2D eigenvalue weighted by molar-refractivity contribution is 6.30. The largest absolute Gasteiger partial charge is 0.355 e. The summed E-state index contributed by atoms with van der Waals surface area (Å²) in [5.74, 6) is 0.149. The van der Waals surface area contributed by atoms with Gasteiger partial charge in [0.2, 0.25) is 0 Å². The van der Waals surface area contributed by atoms with Crippen molar-refractivity contribution in [3.05, 3.63) is 63.2 Å². The van der Waals surface area contributed by atoms with E-state index in [9.17, 15) is 14.9 Å². The molecule has 0 aromatic heterocycles. The molecule has 0 spiro atoms. The van der Waals surface area contributed by atoms with Gasteiger partial charge in [-0.25, -0.2) is 0 Å². The molecule has 0 unspecified atom stereocenters. The van der Waals surface area contributed by atoms with Gasteiger partial charge in [0.25, 0.3) is 11.6 Å². The quantitative estimate of drug-likeness (QED) is 0.612. The minimum atomic E-state index is -0.391. The van der Waals surface area contributed by atoms with Crippen LogP contribution in [0, 0.1) is 10.1 Å². The Morgan fingerprint density at radius 1 is 1.14 bits per heavy atom. The molecule has 0 bridgehead atoms. The second kappa shape index (κ2) is 8.00. The van der Waals surface area contributed by atoms with Crippen LogP contribution in [-0.4, -0.2) is 49.6 Å². The smallest absolute Gasteiger partial charge is 0.294 e. The van der Waals surface area contributed by atoms with Crippen molar-refractivity contribution >= 4 is 34.6 Å². The maximum absolute atomic E-state index is 13.1. The van der Waals surface area contributed by atoms with Gasteiger partial charge in [-0.3, -0.25) is 14.9 Å². The zero-order valence-corrected chi connectivity index (χ0v) is 17.1. The Morgan fingerprint density at radius 2 is 1.86 bits per heavy atom. The van der Waals surface area contributed by atoms with Crippen molar-refractivity contribution in [3.8, 4) is 0 Å². The van der Waals surface area contributed by atoms with Crippen molar-refractivity contribution in [2.75, 3.05) is 42.5 Å². The summed E-state index contributed by atoms with van der Waals surface area (Å²) in [5, 5.41) is 11.7. The Labute approximate surface area is 174 Å². The highest BCUT2D eigenvalue weighted by atomic mass is 35.5. The fraction of sp³-hybridized carbons (Fsp3) is 0.381. The van der Waals surface area contributed by atoms with Gasteiger partial charge in [-0.05, 0) is 37.1 Å². The number of quaternary nitrogens is 1. The number of carbonyl (C=O) groups is 1. The van der Waals surface area contributed by atoms with Crippen molar-refractivity contribution in [3.63, 3.8) is 0 Å². The van der Waals surface area contributed by atoms with Crippen molar-refractivity contribution in [1.29, 1.82) is 0 Å². The maximum atomic E-state index is 13.1. The lowest BCUT2D eigenvalue weighted by Gasteiger charge is -2.36. The third kappa shape index (κ3) is 3.80. The molecule has 8 heteroatoms. The minimum absolute atomic E-state index is 0.0266. The number of hydrogen-bond donors (Lipinski definition) is 1. The first-order chi connectivity index (χ1) is 14.0. The van der Waals surface area contributed by atoms with Crippen molar-refractivity contribution in [1.82, 2.24) is 0 Å². The predicted octanol–water partition coefficient (Wildman–Crippen LogP) is 1.93. The van der Waals surface area contributed by atoms with E-state index in [2.05, 4.69) is 6.07 Å². The molecule has 152 valence electrons. The predicted molar refractivity (Wildman–Crippen MR) is 113 cm³/mol. The minimum Gasteiger partial charge on any atom is -0.355 e. The van der Waals surface area contributed by atoms with E-state index in [1.165, 1.54) is 16.5 Å². The Kier molecular flexibility index (Phi) is 5.43. The molecule has 0 aliphatic carbocycles. The van der Waals surface area contributed by atoms with Crippen molar-refractivity contribution in [2.45, 2.75) is 19.4 Å². The van der Waals surface area contributed by atoms with E-state index in [1.54, 1.807) is 12.1 Å². The van der Waals surface area contributed by atoms with Gasteiger partial charge in [0.15, 0.2) is 6.04 Å². The van der Waals surface area contributed by atoms with E-state index < -0.39 is 4.92 Å². The van der Waals surface area contributed by atoms with Gasteiger partial charge in [-0.1, -0.05) is 29.8 Å². The number of fused-ring (bicyclic) bond motifs is 1. The highest BCUT2D eigenvalue weighted by Crippen LogP contribution is 2.31. The van der Waals surface area contributed by atoms with Crippen LogP contribution in [0.2, 0.25) is 5.02 Å². The van der Waals surface area contributed by atoms with Crippen LogP contribution < -0.4 is 14.7 Å². The SMILES string of the molecule is C[C@@H](C(=O)N1CCc2ccccc21)[NH+]1CCN(c2ccc(Cl)cc2[N+](=O)[O-])CC1. The summed E-state index contributed by atoms with van der Waals surface area (Å²) in [5.41, 5.74) is 2.87. The molecule has 2 aliphatic heterocycles. The summed E-state index contributed by atoms with van der Waals surface area (Å²) in [6.07, 6.45) is 0.901. The number of carbonyl (C=O) groups excluding carboxylic acids is 1. The molecule has 1 fully saturated rings. The zero-order chi connectivity index (χ0) is 20.5. The Bertz CT molecular complexity index is 943. The number of rotatable bonds is 4. The number of piperazine rings is 1. The molecular weight excluding hydrogens is 392 g/mol. The number of amides is 1. The van der Waals surface area contributed by atoms with E-state index in [0.29, 0.717) is 23.8 Å². The van der Waals surface area contributed by atoms with Crippen molar-refractivity contribution < 1.29 is 14.6 Å². The van der Waals surface area contributed by atoms with Crippen LogP contribution >= 0.6 is 11.6 Å². The van der Waals surface area contributed by atoms with Crippen LogP contribution in [0.3, 0.4) is 0 Å². The van der Waals surface area contributed by atoms with Gasteiger partial charge >= 0.3 is 0 Å². The molecule has 29 heavy (non-hydrogen) atoms. The Hall–Kier alpha value is -2.64. The summed E-state index contributed by atoms with van der Waals surface area (Å²) in [6.45, 7) is 5.54. The van der Waals surface area contributed by atoms with E-state index in [1.807, 2.05) is 34.9 Å². The molecule has 0 radical (unpaired) electrons. The number of para-hydroxylation sites is 1. The van der Waals surface area contributed by atoms with Gasteiger partial charge in [0.1, 0.15) is 5.69 Å². The molecule has 2 heterocycles. The number of nitrogens with zero attached hydrogens (tertiary/aromatic N) is 3. The average molecular weight is 416 g/mol. The normalized spacial score (nSPS) is 17.9. The first kappa shape index (κ1) is 19.7. The van der Waals surface area contributed by atoms with E-state index in [-0.39, 0.29) is 17.6 Å². The van der Waals surface area contributed by atoms with Crippen LogP contribution in [0.15, 0.2) is 42.5 Å². The molecule has 1 amide bonds. The summed E-state index contributed by atoms with van der Waals surface area (Å²) < 4.78 is 0. The lowest BCUT2D eigenvalue weighted by molar-refractivity contribution is -0.914. The molecule has 1 N–H and O–H groups in total. The fourth-order valence-electron chi connectivity index (χ4n) is 4.35. The monoisotopic (exact) mass is 415 g/mol. The number of nitrogens with one attached hydrogen (secondary N) is 1. The lowest BCUT2D eigenvalue weighted by atomic mass is 10.1. The van der Waals surface area contributed by atoms with Crippen molar-refractivity contribution in [2.24, 2.45) is 0 Å². The van der Waals surface area contributed by atoms with Gasteiger partial charge < -0.3 is 14.7 Å². The van der Waals surface area contributed by atoms with Gasteiger partial charge in [0, 0.05) is 23.3 Å². The summed E-state index contributed by atoms with van der Waals surface area (Å²) in [4.78, 5) is 29.3. The van der Waals surface area contributed by atoms with Crippen LogP contribution in [0.25, 0.3) is 0 Å². The Morgan fingerprint density at radius 3 is 2.59 bits per heavy atom.